The fraction of sp³-hybridized carbons (Fsp3) is 0.333. The van der Waals surface area contributed by atoms with Crippen LogP contribution in [0.3, 0.4) is 0 Å². The molecule has 6 heteroatoms. The van der Waals surface area contributed by atoms with Crippen LogP contribution in [0.2, 0.25) is 0 Å². The molecule has 6 nitrogen and oxygen atoms in total. The third-order valence-electron chi connectivity index (χ3n) is 4.64. The average molecular weight is 367 g/mol. The number of fused-ring (bicyclic) bond motifs is 1. The smallest absolute Gasteiger partial charge is 0.255 e. The van der Waals surface area contributed by atoms with Gasteiger partial charge in [-0.25, -0.2) is 0 Å². The van der Waals surface area contributed by atoms with Gasteiger partial charge in [-0.2, -0.15) is 0 Å². The molecule has 0 spiro atoms. The summed E-state index contributed by atoms with van der Waals surface area (Å²) in [7, 11) is 0. The quantitative estimate of drug-likeness (QED) is 0.696. The van der Waals surface area contributed by atoms with E-state index in [4.69, 9.17) is 10.5 Å². The van der Waals surface area contributed by atoms with E-state index in [1.54, 1.807) is 24.3 Å². The lowest BCUT2D eigenvalue weighted by Gasteiger charge is -2.28. The first-order valence-electron chi connectivity index (χ1n) is 9.20. The highest BCUT2D eigenvalue weighted by Crippen LogP contribution is 2.18. The van der Waals surface area contributed by atoms with Crippen LogP contribution in [0.25, 0.3) is 0 Å². The molecule has 0 saturated heterocycles. The summed E-state index contributed by atoms with van der Waals surface area (Å²) >= 11 is 0. The summed E-state index contributed by atoms with van der Waals surface area (Å²) in [5.74, 6) is -0.134. The van der Waals surface area contributed by atoms with E-state index in [-0.39, 0.29) is 12.5 Å². The number of hydrogen-bond acceptors (Lipinski definition) is 4. The predicted molar refractivity (Wildman–Crippen MR) is 104 cm³/mol. The molecule has 0 radical (unpaired) electrons. The molecule has 0 saturated carbocycles. The van der Waals surface area contributed by atoms with E-state index in [0.29, 0.717) is 17.9 Å². The Morgan fingerprint density at radius 3 is 2.56 bits per heavy atom. The molecule has 1 aliphatic heterocycles. The predicted octanol–water partition coefficient (Wildman–Crippen LogP) is 1.73. The van der Waals surface area contributed by atoms with Crippen molar-refractivity contribution in [3.8, 4) is 5.75 Å². The normalized spacial score (nSPS) is 13.6. The summed E-state index contributed by atoms with van der Waals surface area (Å²) in [6.45, 7) is 3.48. The zero-order valence-electron chi connectivity index (χ0n) is 15.3. The van der Waals surface area contributed by atoms with Crippen molar-refractivity contribution < 1.29 is 14.3 Å². The largest absolute Gasteiger partial charge is 0.484 e. The minimum atomic E-state index is -0.533. The van der Waals surface area contributed by atoms with E-state index >= 15 is 0 Å². The molecule has 0 aromatic heterocycles. The molecule has 2 aromatic rings. The summed E-state index contributed by atoms with van der Waals surface area (Å²) in [4.78, 5) is 25.3. The maximum absolute atomic E-state index is 12.2. The minimum absolute atomic E-state index is 0.111. The van der Waals surface area contributed by atoms with Crippen molar-refractivity contribution in [3.63, 3.8) is 0 Å². The monoisotopic (exact) mass is 367 g/mol. The standard InChI is InChI=1S/C21H25N3O3/c22-20(25)15-27-19-8-6-17(7-9-19)21(26)23-11-3-12-24-13-10-16-4-1-2-5-18(16)14-24/h1-2,4-9H,3,10-15H2,(H2,22,25)(H,23,26). The summed E-state index contributed by atoms with van der Waals surface area (Å²) in [5, 5.41) is 2.95. The number of carbonyl (C=O) groups excluding carboxylic acids is 2. The van der Waals surface area contributed by atoms with Crippen LogP contribution in [0.1, 0.15) is 27.9 Å². The Morgan fingerprint density at radius 2 is 1.81 bits per heavy atom. The molecule has 1 aliphatic rings. The number of hydrogen-bond donors (Lipinski definition) is 2. The second-order valence-corrected chi connectivity index (χ2v) is 6.68. The van der Waals surface area contributed by atoms with Gasteiger partial charge in [0, 0.05) is 31.7 Å². The Kier molecular flexibility index (Phi) is 6.44. The second-order valence-electron chi connectivity index (χ2n) is 6.68. The van der Waals surface area contributed by atoms with Crippen LogP contribution in [0.4, 0.5) is 0 Å². The van der Waals surface area contributed by atoms with Crippen LogP contribution in [0, 0.1) is 0 Å². The molecule has 1 heterocycles. The molecule has 3 rings (SSSR count). The fourth-order valence-electron chi connectivity index (χ4n) is 3.21. The third kappa shape index (κ3) is 5.56. The Bertz CT molecular complexity index is 790. The summed E-state index contributed by atoms with van der Waals surface area (Å²) in [6.07, 6.45) is 2.00. The highest BCUT2D eigenvalue weighted by atomic mass is 16.5. The number of carbonyl (C=O) groups is 2. The van der Waals surface area contributed by atoms with Gasteiger partial charge < -0.3 is 15.8 Å². The average Bonchev–Trinajstić information content (AvgIpc) is 2.69. The van der Waals surface area contributed by atoms with E-state index in [1.807, 2.05) is 0 Å². The highest BCUT2D eigenvalue weighted by Gasteiger charge is 2.15. The highest BCUT2D eigenvalue weighted by molar-refractivity contribution is 5.94. The Hall–Kier alpha value is -2.86. The first-order valence-corrected chi connectivity index (χ1v) is 9.20. The van der Waals surface area contributed by atoms with Crippen LogP contribution < -0.4 is 15.8 Å². The van der Waals surface area contributed by atoms with Crippen LogP contribution in [-0.2, 0) is 17.8 Å². The van der Waals surface area contributed by atoms with Gasteiger partial charge in [-0.15, -0.1) is 0 Å². The van der Waals surface area contributed by atoms with Gasteiger partial charge in [0.25, 0.3) is 11.8 Å². The van der Waals surface area contributed by atoms with Gasteiger partial charge >= 0.3 is 0 Å². The summed E-state index contributed by atoms with van der Waals surface area (Å²) < 4.78 is 5.18. The number of benzene rings is 2. The number of nitrogens with one attached hydrogen (secondary N) is 1. The van der Waals surface area contributed by atoms with Gasteiger partial charge in [-0.1, -0.05) is 24.3 Å². The number of primary amides is 1. The molecule has 2 amide bonds. The van der Waals surface area contributed by atoms with E-state index in [0.717, 1.165) is 32.5 Å². The van der Waals surface area contributed by atoms with E-state index < -0.39 is 5.91 Å². The lowest BCUT2D eigenvalue weighted by atomic mass is 10.00. The number of nitrogens with two attached hydrogens (primary N) is 1. The summed E-state index contributed by atoms with van der Waals surface area (Å²) in [5.41, 5.74) is 8.45. The van der Waals surface area contributed by atoms with Crippen molar-refractivity contribution in [2.24, 2.45) is 5.73 Å². The molecule has 27 heavy (non-hydrogen) atoms. The molecule has 3 N–H and O–H groups in total. The first kappa shape index (κ1) is 18.9. The number of ether oxygens (including phenoxy) is 1. The number of amides is 2. The van der Waals surface area contributed by atoms with Gasteiger partial charge in [0.15, 0.2) is 6.61 Å². The van der Waals surface area contributed by atoms with Crippen LogP contribution in [0.15, 0.2) is 48.5 Å². The zero-order valence-corrected chi connectivity index (χ0v) is 15.3. The molecule has 2 aromatic carbocycles. The van der Waals surface area contributed by atoms with E-state index in [9.17, 15) is 9.59 Å². The number of rotatable bonds is 8. The fourth-order valence-corrected chi connectivity index (χ4v) is 3.21. The molecule has 0 aliphatic carbocycles. The van der Waals surface area contributed by atoms with Crippen LogP contribution in [-0.4, -0.2) is 43.0 Å². The molecule has 0 fully saturated rings. The van der Waals surface area contributed by atoms with Crippen molar-refractivity contribution in [1.29, 1.82) is 0 Å². The Balaban J connectivity index is 1.38. The topological polar surface area (TPSA) is 84.7 Å². The van der Waals surface area contributed by atoms with Crippen LogP contribution in [0.5, 0.6) is 5.75 Å². The maximum atomic E-state index is 12.2. The van der Waals surface area contributed by atoms with Crippen molar-refractivity contribution in [3.05, 3.63) is 65.2 Å². The van der Waals surface area contributed by atoms with Gasteiger partial charge in [-0.05, 0) is 48.2 Å². The summed E-state index contributed by atoms with van der Waals surface area (Å²) in [6, 6.07) is 15.2. The van der Waals surface area contributed by atoms with Crippen molar-refractivity contribution in [2.45, 2.75) is 19.4 Å². The second kappa shape index (κ2) is 9.19. The lowest BCUT2D eigenvalue weighted by molar-refractivity contribution is -0.119. The number of nitrogens with zero attached hydrogens (tertiary/aromatic N) is 1. The Morgan fingerprint density at radius 1 is 1.07 bits per heavy atom. The maximum Gasteiger partial charge on any atom is 0.255 e. The molecule has 142 valence electrons. The van der Waals surface area contributed by atoms with Crippen LogP contribution >= 0.6 is 0 Å². The van der Waals surface area contributed by atoms with Gasteiger partial charge in [-0.3, -0.25) is 14.5 Å². The van der Waals surface area contributed by atoms with E-state index in [1.165, 1.54) is 11.1 Å². The molecular weight excluding hydrogens is 342 g/mol. The van der Waals surface area contributed by atoms with Gasteiger partial charge in [0.05, 0.1) is 0 Å². The van der Waals surface area contributed by atoms with Crippen molar-refractivity contribution in [2.75, 3.05) is 26.2 Å². The van der Waals surface area contributed by atoms with Crippen molar-refractivity contribution >= 4 is 11.8 Å². The molecule has 0 atom stereocenters. The Labute approximate surface area is 159 Å². The minimum Gasteiger partial charge on any atom is -0.484 e. The van der Waals surface area contributed by atoms with Crippen molar-refractivity contribution in [1.82, 2.24) is 10.2 Å². The van der Waals surface area contributed by atoms with Gasteiger partial charge in [0.1, 0.15) is 5.75 Å². The van der Waals surface area contributed by atoms with Gasteiger partial charge in [0.2, 0.25) is 0 Å². The molecular formula is C21H25N3O3. The zero-order chi connectivity index (χ0) is 19.1. The SMILES string of the molecule is NC(=O)COc1ccc(C(=O)NCCCN2CCc3ccccc3C2)cc1. The first-order chi connectivity index (χ1) is 13.1. The molecule has 0 unspecified atom stereocenters. The lowest BCUT2D eigenvalue weighted by Crippen LogP contribution is -2.33. The molecule has 0 bridgehead atoms. The van der Waals surface area contributed by atoms with E-state index in [2.05, 4.69) is 34.5 Å². The third-order valence-corrected chi connectivity index (χ3v) is 4.64.